The summed E-state index contributed by atoms with van der Waals surface area (Å²) in [6, 6.07) is 0. The second kappa shape index (κ2) is 9.76. The average Bonchev–Trinajstić information content (AvgIpc) is 2.83. The third kappa shape index (κ3) is 4.21. The number of carbonyl (C=O) groups is 1. The molecule has 0 aromatic carbocycles. The molecule has 0 spiro atoms. The van der Waals surface area contributed by atoms with Crippen molar-refractivity contribution in [3.8, 4) is 0 Å². The number of hydrogen-bond acceptors (Lipinski definition) is 4. The number of hydrogen-bond donors (Lipinski definition) is 2. The molecule has 3 unspecified atom stereocenters. The SMILES string of the molecule is CC1CC=CCCC1.CCCCCCC1C(=O)NC2([C@@H](C)O)C(=C=O)O[C@@]12C. The summed E-state index contributed by atoms with van der Waals surface area (Å²) in [5, 5.41) is 12.8. The van der Waals surface area contributed by atoms with Crippen LogP contribution in [0.1, 0.15) is 85.5 Å². The van der Waals surface area contributed by atoms with Gasteiger partial charge in [-0.3, -0.25) is 4.79 Å². The topological polar surface area (TPSA) is 75.6 Å². The minimum Gasteiger partial charge on any atom is -0.474 e. The van der Waals surface area contributed by atoms with Crippen molar-refractivity contribution in [2.45, 2.75) is 103 Å². The van der Waals surface area contributed by atoms with Crippen molar-refractivity contribution in [2.75, 3.05) is 0 Å². The molecule has 1 aliphatic carbocycles. The molecule has 0 bridgehead atoms. The lowest BCUT2D eigenvalue weighted by Gasteiger charge is -2.55. The van der Waals surface area contributed by atoms with Gasteiger partial charge < -0.3 is 15.2 Å². The number of carbonyl (C=O) groups excluding carboxylic acids is 2. The van der Waals surface area contributed by atoms with Crippen LogP contribution in [0.15, 0.2) is 17.9 Å². The maximum atomic E-state index is 12.2. The molecule has 2 N–H and O–H groups in total. The number of rotatable bonds is 6. The van der Waals surface area contributed by atoms with E-state index >= 15 is 0 Å². The van der Waals surface area contributed by atoms with Crippen molar-refractivity contribution < 1.29 is 19.4 Å². The van der Waals surface area contributed by atoms with Crippen LogP contribution in [0.3, 0.4) is 0 Å². The summed E-state index contributed by atoms with van der Waals surface area (Å²) in [6.45, 7) is 7.83. The van der Waals surface area contributed by atoms with Gasteiger partial charge in [-0.15, -0.1) is 0 Å². The molecule has 2 aliphatic heterocycles. The molecule has 0 aromatic rings. The smallest absolute Gasteiger partial charge is 0.228 e. The molecule has 28 heavy (non-hydrogen) atoms. The first-order chi connectivity index (χ1) is 13.3. The van der Waals surface area contributed by atoms with E-state index in [1.165, 1.54) is 25.7 Å². The first kappa shape index (κ1) is 22.7. The standard InChI is InChI=1S/C15H23NO4.C8H14/c1-4-5-6-7-8-11-13(19)16-15(10(2)18)12(9-17)20-14(11,15)3;1-8-6-4-2-3-5-7-8/h10-11,18H,4-8H2,1-3H3,(H,16,19);2,4,8H,3,5-7H2,1H3/t10-,11?,14+,15?;/m1./s1. The molecule has 0 radical (unpaired) electrons. The maximum Gasteiger partial charge on any atom is 0.228 e. The summed E-state index contributed by atoms with van der Waals surface area (Å²) in [5.41, 5.74) is -1.95. The fourth-order valence-electron chi connectivity index (χ4n) is 4.75. The molecule has 2 saturated heterocycles. The monoisotopic (exact) mass is 391 g/mol. The summed E-state index contributed by atoms with van der Waals surface area (Å²) in [7, 11) is 0. The van der Waals surface area contributed by atoms with Gasteiger partial charge in [0.05, 0.1) is 12.0 Å². The lowest BCUT2D eigenvalue weighted by atomic mass is 9.67. The van der Waals surface area contributed by atoms with Crippen molar-refractivity contribution in [1.29, 1.82) is 0 Å². The Morgan fingerprint density at radius 3 is 2.75 bits per heavy atom. The number of ether oxygens (including phenoxy) is 1. The highest BCUT2D eigenvalue weighted by molar-refractivity contribution is 5.88. The van der Waals surface area contributed by atoms with Gasteiger partial charge in [-0.05, 0) is 45.4 Å². The van der Waals surface area contributed by atoms with E-state index in [1.807, 2.05) is 0 Å². The van der Waals surface area contributed by atoms with Crippen molar-refractivity contribution in [2.24, 2.45) is 11.8 Å². The first-order valence-electron chi connectivity index (χ1n) is 10.9. The van der Waals surface area contributed by atoms with Crippen LogP contribution in [0.4, 0.5) is 0 Å². The average molecular weight is 392 g/mol. The van der Waals surface area contributed by atoms with Gasteiger partial charge in [0.25, 0.3) is 0 Å². The number of fused-ring (bicyclic) bond motifs is 1. The predicted octanol–water partition coefficient (Wildman–Crippen LogP) is 4.08. The van der Waals surface area contributed by atoms with E-state index < -0.39 is 17.2 Å². The molecule has 5 atom stereocenters. The molecular weight excluding hydrogens is 354 g/mol. The Kier molecular flexibility index (Phi) is 7.91. The normalized spacial score (nSPS) is 34.6. The Balaban J connectivity index is 0.000000292. The van der Waals surface area contributed by atoms with Crippen LogP contribution in [0, 0.1) is 11.8 Å². The van der Waals surface area contributed by atoms with Crippen LogP contribution in [0.25, 0.3) is 0 Å². The summed E-state index contributed by atoms with van der Waals surface area (Å²) in [4.78, 5) is 23.2. The third-order valence-electron chi connectivity index (χ3n) is 6.60. The molecule has 3 rings (SSSR count). The summed E-state index contributed by atoms with van der Waals surface area (Å²) >= 11 is 0. The summed E-state index contributed by atoms with van der Waals surface area (Å²) in [5.74, 6) is 2.19. The van der Waals surface area contributed by atoms with Gasteiger partial charge in [-0.1, -0.05) is 58.1 Å². The molecule has 5 heteroatoms. The second-order valence-electron chi connectivity index (χ2n) is 8.76. The first-order valence-corrected chi connectivity index (χ1v) is 10.9. The number of aliphatic hydroxyl groups is 1. The molecule has 0 saturated carbocycles. The highest BCUT2D eigenvalue weighted by Crippen LogP contribution is 2.56. The molecule has 0 aromatic heterocycles. The lowest BCUT2D eigenvalue weighted by molar-refractivity contribution is -0.190. The quantitative estimate of drug-likeness (QED) is 0.406. The highest BCUT2D eigenvalue weighted by atomic mass is 16.5. The number of allylic oxidation sites excluding steroid dienone is 2. The molecule has 5 nitrogen and oxygen atoms in total. The van der Waals surface area contributed by atoms with E-state index in [0.29, 0.717) is 6.42 Å². The zero-order valence-corrected chi connectivity index (χ0v) is 17.9. The van der Waals surface area contributed by atoms with Crippen LogP contribution in [-0.2, 0) is 14.3 Å². The molecule has 3 aliphatic rings. The Bertz CT molecular complexity index is 622. The van der Waals surface area contributed by atoms with E-state index in [2.05, 4.69) is 31.3 Å². The number of unbranched alkanes of at least 4 members (excludes halogenated alkanes) is 3. The highest BCUT2D eigenvalue weighted by Gasteiger charge is 2.76. The molecule has 1 amide bonds. The van der Waals surface area contributed by atoms with Crippen LogP contribution < -0.4 is 5.32 Å². The van der Waals surface area contributed by atoms with Gasteiger partial charge in [-0.25, -0.2) is 4.79 Å². The van der Waals surface area contributed by atoms with Crippen molar-refractivity contribution in [1.82, 2.24) is 5.32 Å². The van der Waals surface area contributed by atoms with Gasteiger partial charge in [0.1, 0.15) is 0 Å². The van der Waals surface area contributed by atoms with Gasteiger partial charge in [-0.2, -0.15) is 0 Å². The molecule has 158 valence electrons. The molecule has 2 heterocycles. The van der Waals surface area contributed by atoms with Gasteiger partial charge >= 0.3 is 0 Å². The predicted molar refractivity (Wildman–Crippen MR) is 110 cm³/mol. The van der Waals surface area contributed by atoms with Gasteiger partial charge in [0, 0.05) is 0 Å². The van der Waals surface area contributed by atoms with Crippen LogP contribution >= 0.6 is 0 Å². The largest absolute Gasteiger partial charge is 0.474 e. The Morgan fingerprint density at radius 1 is 1.36 bits per heavy atom. The third-order valence-corrected chi connectivity index (χ3v) is 6.60. The summed E-state index contributed by atoms with van der Waals surface area (Å²) in [6.07, 6.45) is 14.2. The zero-order valence-electron chi connectivity index (χ0n) is 17.9. The maximum absolute atomic E-state index is 12.2. The fourth-order valence-corrected chi connectivity index (χ4v) is 4.75. The van der Waals surface area contributed by atoms with E-state index in [9.17, 15) is 14.7 Å². The Hall–Kier alpha value is -1.58. The Labute approximate surface area is 169 Å². The van der Waals surface area contributed by atoms with Crippen LogP contribution in [-0.4, -0.2) is 34.2 Å². The van der Waals surface area contributed by atoms with Crippen LogP contribution in [0.5, 0.6) is 0 Å². The summed E-state index contributed by atoms with van der Waals surface area (Å²) < 4.78 is 5.55. The fraction of sp³-hybridized carbons (Fsp3) is 0.783. The number of nitrogens with one attached hydrogen (secondary N) is 1. The van der Waals surface area contributed by atoms with Gasteiger partial charge in [0.2, 0.25) is 11.7 Å². The molecule has 2 fully saturated rings. The lowest BCUT2D eigenvalue weighted by Crippen LogP contribution is -2.73. The van der Waals surface area contributed by atoms with Crippen molar-refractivity contribution >= 4 is 11.8 Å². The van der Waals surface area contributed by atoms with Crippen LogP contribution in [0.2, 0.25) is 0 Å². The number of aliphatic hydroxyl groups excluding tert-OH is 1. The minimum atomic E-state index is -1.10. The number of amides is 1. The van der Waals surface area contributed by atoms with E-state index in [4.69, 9.17) is 4.74 Å². The van der Waals surface area contributed by atoms with E-state index in [-0.39, 0.29) is 17.6 Å². The van der Waals surface area contributed by atoms with Gasteiger partial charge in [0.15, 0.2) is 17.1 Å². The van der Waals surface area contributed by atoms with Crippen molar-refractivity contribution in [3.63, 3.8) is 0 Å². The van der Waals surface area contributed by atoms with E-state index in [1.54, 1.807) is 19.8 Å². The Morgan fingerprint density at radius 2 is 2.11 bits per heavy atom. The van der Waals surface area contributed by atoms with E-state index in [0.717, 1.165) is 31.6 Å². The second-order valence-corrected chi connectivity index (χ2v) is 8.76. The van der Waals surface area contributed by atoms with Crippen molar-refractivity contribution in [3.05, 3.63) is 17.9 Å². The molecular formula is C23H37NO4. The minimum absolute atomic E-state index is 0.0133. The zero-order chi connectivity index (χ0) is 20.8.